The minimum atomic E-state index is -5.99. The fourth-order valence-corrected chi connectivity index (χ4v) is 6.41. The molecule has 0 amide bonds. The smallest absolute Gasteiger partial charge is 0.397 e. The SMILES string of the molecule is O=C(O)[C@@H]1OC(O[C@H]2[C@H](OS(=O)(=O)O)[C@@H](COS(=O)(=O)O)O[C@@H]2COS(=O)(=O)O)[C@H](OS(=O)(=O)O)[C@@H](OS(=O)(=O)O)[C@@H]1OS(=O)(=O)O. The quantitative estimate of drug-likeness (QED) is 0.0672. The second-order valence-electron chi connectivity index (χ2n) is 8.46. The second kappa shape index (κ2) is 14.8. The van der Waals surface area contributed by atoms with Gasteiger partial charge in [0.1, 0.15) is 36.6 Å². The fraction of sp³-hybridized carbons (Fsp3) is 0.917. The summed E-state index contributed by atoms with van der Waals surface area (Å²) in [4.78, 5) is 11.9. The van der Waals surface area contributed by atoms with Crippen LogP contribution in [0.3, 0.4) is 0 Å². The highest BCUT2D eigenvalue weighted by Crippen LogP contribution is 2.36. The summed E-state index contributed by atoms with van der Waals surface area (Å²) in [6.07, 6.45) is -25.3. The predicted molar refractivity (Wildman–Crippen MR) is 131 cm³/mol. The van der Waals surface area contributed by atoms with Gasteiger partial charge in [0.15, 0.2) is 18.5 Å². The van der Waals surface area contributed by atoms with Crippen molar-refractivity contribution >= 4 is 68.4 Å². The van der Waals surface area contributed by atoms with Gasteiger partial charge in [-0.3, -0.25) is 27.3 Å². The number of carboxylic acids is 1. The van der Waals surface area contributed by atoms with Gasteiger partial charge in [-0.05, 0) is 0 Å². The van der Waals surface area contributed by atoms with Crippen molar-refractivity contribution in [2.45, 2.75) is 55.1 Å². The molecule has 2 aliphatic rings. The van der Waals surface area contributed by atoms with Gasteiger partial charge in [0, 0.05) is 0 Å². The summed E-state index contributed by atoms with van der Waals surface area (Å²) >= 11 is 0. The highest BCUT2D eigenvalue weighted by atomic mass is 32.3. The van der Waals surface area contributed by atoms with E-state index in [0.717, 1.165) is 0 Å². The molecule has 2 heterocycles. The molecule has 278 valence electrons. The lowest BCUT2D eigenvalue weighted by Crippen LogP contribution is -2.64. The van der Waals surface area contributed by atoms with E-state index in [2.05, 4.69) is 25.1 Å². The first-order valence-corrected chi connectivity index (χ1v) is 19.1. The molecule has 0 spiro atoms. The summed E-state index contributed by atoms with van der Waals surface area (Å²) in [5.41, 5.74) is 0. The minimum absolute atomic E-state index is 1.52. The molecule has 2 saturated heterocycles. The van der Waals surface area contributed by atoms with Crippen molar-refractivity contribution in [1.29, 1.82) is 0 Å². The second-order valence-corrected chi connectivity index (χ2v) is 14.8. The summed E-state index contributed by atoms with van der Waals surface area (Å²) in [7, 11) is -34.5. The van der Waals surface area contributed by atoms with Crippen LogP contribution in [0.2, 0.25) is 0 Å². The molecule has 2 aliphatic heterocycles. The van der Waals surface area contributed by atoms with Crippen molar-refractivity contribution in [1.82, 2.24) is 0 Å². The molecule has 0 aliphatic carbocycles. The zero-order valence-corrected chi connectivity index (χ0v) is 26.6. The normalized spacial score (nSPS) is 31.5. The van der Waals surface area contributed by atoms with Gasteiger partial charge in [-0.2, -0.15) is 50.5 Å². The summed E-state index contributed by atoms with van der Waals surface area (Å²) in [6.45, 7) is -3.07. The van der Waals surface area contributed by atoms with Gasteiger partial charge in [-0.25, -0.2) is 29.9 Å². The van der Waals surface area contributed by atoms with Crippen LogP contribution in [0, 0.1) is 0 Å². The molecule has 47 heavy (non-hydrogen) atoms. The van der Waals surface area contributed by atoms with Crippen LogP contribution in [-0.4, -0.2) is 157 Å². The number of ether oxygens (including phenoxy) is 3. The van der Waals surface area contributed by atoms with E-state index in [1.807, 2.05) is 0 Å². The Balaban J connectivity index is 2.78. The van der Waals surface area contributed by atoms with Gasteiger partial charge < -0.3 is 19.3 Å². The van der Waals surface area contributed by atoms with Crippen molar-refractivity contribution in [3.05, 3.63) is 0 Å². The molecule has 9 atom stereocenters. The highest BCUT2D eigenvalue weighted by Gasteiger charge is 2.59. The number of carbonyl (C=O) groups is 1. The molecule has 7 N–H and O–H groups in total. The molecule has 29 nitrogen and oxygen atoms in total. The number of rotatable bonds is 17. The van der Waals surface area contributed by atoms with Gasteiger partial charge in [-0.1, -0.05) is 0 Å². The molecule has 0 aromatic rings. The van der Waals surface area contributed by atoms with E-state index in [1.54, 1.807) is 0 Å². The largest absolute Gasteiger partial charge is 0.479 e. The van der Waals surface area contributed by atoms with Crippen molar-refractivity contribution in [2.24, 2.45) is 0 Å². The Morgan fingerprint density at radius 1 is 0.489 bits per heavy atom. The van der Waals surface area contributed by atoms with Crippen LogP contribution in [-0.2, 0) is 106 Å². The summed E-state index contributed by atoms with van der Waals surface area (Å²) < 4.78 is 230. The predicted octanol–water partition coefficient (Wildman–Crippen LogP) is -5.66. The van der Waals surface area contributed by atoms with E-state index in [4.69, 9.17) is 27.9 Å². The third kappa shape index (κ3) is 14.5. The van der Waals surface area contributed by atoms with Crippen LogP contribution in [0.5, 0.6) is 0 Å². The highest BCUT2D eigenvalue weighted by molar-refractivity contribution is 7.82. The van der Waals surface area contributed by atoms with E-state index < -0.39 is 137 Å². The average Bonchev–Trinajstić information content (AvgIpc) is 3.11. The average molecular weight is 821 g/mol. The maximum atomic E-state index is 11.9. The third-order valence-corrected chi connectivity index (χ3v) is 7.86. The Bertz CT molecular complexity index is 1800. The van der Waals surface area contributed by atoms with Gasteiger partial charge in [0.05, 0.1) is 13.2 Å². The summed E-state index contributed by atoms with van der Waals surface area (Å²) in [6, 6.07) is 0. The molecule has 2 fully saturated rings. The van der Waals surface area contributed by atoms with Crippen molar-refractivity contribution < 1.29 is 127 Å². The first-order valence-electron chi connectivity index (χ1n) is 10.9. The maximum Gasteiger partial charge on any atom is 0.397 e. The zero-order valence-electron chi connectivity index (χ0n) is 21.7. The van der Waals surface area contributed by atoms with E-state index in [-0.39, 0.29) is 0 Å². The van der Waals surface area contributed by atoms with Gasteiger partial charge in [0.2, 0.25) is 0 Å². The topological polar surface area (TPSA) is 447 Å². The number of carboxylic acid groups (broad SMARTS) is 1. The lowest BCUT2D eigenvalue weighted by Gasteiger charge is -2.43. The maximum absolute atomic E-state index is 11.9. The molecule has 35 heteroatoms. The Kier molecular flexibility index (Phi) is 13.2. The van der Waals surface area contributed by atoms with Gasteiger partial charge >= 0.3 is 68.4 Å². The Morgan fingerprint density at radius 2 is 0.851 bits per heavy atom. The lowest BCUT2D eigenvalue weighted by molar-refractivity contribution is -0.299. The van der Waals surface area contributed by atoms with Crippen LogP contribution >= 0.6 is 0 Å². The molecule has 0 aromatic carbocycles. The monoisotopic (exact) mass is 820 g/mol. The first-order chi connectivity index (χ1) is 20.8. The van der Waals surface area contributed by atoms with E-state index in [0.29, 0.717) is 0 Å². The molecular weight excluding hydrogens is 801 g/mol. The van der Waals surface area contributed by atoms with Gasteiger partial charge in [0.25, 0.3) is 0 Å². The summed E-state index contributed by atoms with van der Waals surface area (Å²) in [5, 5.41) is 9.55. The van der Waals surface area contributed by atoms with E-state index in [1.165, 1.54) is 0 Å². The van der Waals surface area contributed by atoms with Crippen molar-refractivity contribution in [3.63, 3.8) is 0 Å². The molecule has 0 bridgehead atoms. The molecule has 2 rings (SSSR count). The van der Waals surface area contributed by atoms with Crippen LogP contribution in [0.1, 0.15) is 0 Å². The lowest BCUT2D eigenvalue weighted by atomic mass is 9.98. The van der Waals surface area contributed by atoms with Crippen LogP contribution in [0.4, 0.5) is 0 Å². The zero-order chi connectivity index (χ0) is 36.6. The standard InChI is InChI=1S/C12H20O29S6/c13-11(14)9-7(39-45(24,25)26)8(40-46(27,28)29)10(41-47(30,31)32)12(37-9)36-5-3(1-33-42(15,16)17)35-4(2-34-43(18,19)20)6(5)38-44(21,22)23/h3-10,12H,1-2H2,(H,13,14)(H,15,16,17)(H,18,19,20)(H,21,22,23)(H,24,25,26)(H,27,28,29)(H,30,31,32)/t3-,4-,5-,6-,7+,8+,9-,10-,12?/m1/s1. The molecular formula is C12H20O29S6. The Hall–Kier alpha value is -1.43. The number of aliphatic carboxylic acids is 1. The molecule has 0 aromatic heterocycles. The molecule has 1 unspecified atom stereocenters. The third-order valence-electron chi connectivity index (χ3n) is 5.13. The van der Waals surface area contributed by atoms with Crippen LogP contribution in [0.25, 0.3) is 0 Å². The van der Waals surface area contributed by atoms with Gasteiger partial charge in [-0.15, -0.1) is 0 Å². The fourth-order valence-electron chi connectivity index (χ4n) is 3.81. The summed E-state index contributed by atoms with van der Waals surface area (Å²) in [5.74, 6) is -2.40. The van der Waals surface area contributed by atoms with Crippen LogP contribution in [0.15, 0.2) is 0 Å². The van der Waals surface area contributed by atoms with Crippen molar-refractivity contribution in [3.8, 4) is 0 Å². The molecule has 0 saturated carbocycles. The number of hydrogen-bond donors (Lipinski definition) is 7. The van der Waals surface area contributed by atoms with E-state index >= 15 is 0 Å². The Labute approximate surface area is 263 Å². The van der Waals surface area contributed by atoms with Crippen LogP contribution < -0.4 is 0 Å². The van der Waals surface area contributed by atoms with Crippen molar-refractivity contribution in [2.75, 3.05) is 13.2 Å². The Morgan fingerprint density at radius 3 is 1.23 bits per heavy atom. The minimum Gasteiger partial charge on any atom is -0.479 e. The molecule has 0 radical (unpaired) electrons. The number of hydrogen-bond acceptors (Lipinski definition) is 22. The van der Waals surface area contributed by atoms with E-state index in [9.17, 15) is 74.1 Å². The first kappa shape index (κ1) is 41.7.